The molecule has 0 atom stereocenters. The summed E-state index contributed by atoms with van der Waals surface area (Å²) in [5, 5.41) is 0.819. The van der Waals surface area contributed by atoms with E-state index in [1.54, 1.807) is 0 Å². The normalized spacial score (nSPS) is 19.6. The molecule has 2 nitrogen and oxygen atoms in total. The van der Waals surface area contributed by atoms with Crippen LogP contribution >= 0.6 is 11.6 Å². The van der Waals surface area contributed by atoms with Crippen molar-refractivity contribution in [3.05, 3.63) is 34.9 Å². The van der Waals surface area contributed by atoms with Crippen molar-refractivity contribution in [3.8, 4) is 0 Å². The first-order chi connectivity index (χ1) is 7.74. The van der Waals surface area contributed by atoms with E-state index in [2.05, 4.69) is 29.0 Å². The van der Waals surface area contributed by atoms with Crippen LogP contribution in [0.1, 0.15) is 12.0 Å². The Morgan fingerprint density at radius 1 is 1.06 bits per heavy atom. The first-order valence-corrected chi connectivity index (χ1v) is 6.27. The van der Waals surface area contributed by atoms with Crippen LogP contribution in [0.4, 0.5) is 0 Å². The molecule has 0 N–H and O–H groups in total. The van der Waals surface area contributed by atoms with Crippen molar-refractivity contribution in [1.82, 2.24) is 9.80 Å². The molecule has 3 heteroatoms. The number of likely N-dealkylation sites (N-methyl/N-ethyl adjacent to an activating group) is 1. The molecule has 1 heterocycles. The molecular formula is C13H19ClN2. The summed E-state index contributed by atoms with van der Waals surface area (Å²) in [5.41, 5.74) is 1.36. The summed E-state index contributed by atoms with van der Waals surface area (Å²) >= 11 is 5.88. The lowest BCUT2D eigenvalue weighted by atomic mass is 10.2. The average Bonchev–Trinajstić information content (AvgIpc) is 2.47. The van der Waals surface area contributed by atoms with Gasteiger partial charge in [-0.15, -0.1) is 0 Å². The number of halogens is 1. The molecule has 0 saturated carbocycles. The van der Waals surface area contributed by atoms with Crippen LogP contribution in [-0.2, 0) is 6.54 Å². The van der Waals surface area contributed by atoms with E-state index in [1.165, 1.54) is 38.2 Å². The van der Waals surface area contributed by atoms with Gasteiger partial charge in [0.25, 0.3) is 0 Å². The molecule has 1 aromatic carbocycles. The minimum absolute atomic E-state index is 0.819. The predicted molar refractivity (Wildman–Crippen MR) is 68.8 cm³/mol. The van der Waals surface area contributed by atoms with Crippen molar-refractivity contribution in [3.63, 3.8) is 0 Å². The maximum atomic E-state index is 5.88. The van der Waals surface area contributed by atoms with Gasteiger partial charge in [-0.1, -0.05) is 23.7 Å². The molecule has 0 unspecified atom stereocenters. The van der Waals surface area contributed by atoms with Gasteiger partial charge in [-0.25, -0.2) is 0 Å². The second-order valence-electron chi connectivity index (χ2n) is 4.56. The van der Waals surface area contributed by atoms with Gasteiger partial charge in [-0.05, 0) is 44.3 Å². The Labute approximate surface area is 103 Å². The molecular weight excluding hydrogens is 220 g/mol. The minimum Gasteiger partial charge on any atom is -0.305 e. The third kappa shape index (κ3) is 3.48. The van der Waals surface area contributed by atoms with Gasteiger partial charge in [-0.3, -0.25) is 4.90 Å². The fourth-order valence-electron chi connectivity index (χ4n) is 2.11. The SMILES string of the molecule is CN1CCCN(Cc2ccc(Cl)cc2)CC1. The highest BCUT2D eigenvalue weighted by Gasteiger charge is 2.11. The van der Waals surface area contributed by atoms with Crippen LogP contribution in [-0.4, -0.2) is 43.0 Å². The number of rotatable bonds is 2. The largest absolute Gasteiger partial charge is 0.305 e. The number of hydrogen-bond acceptors (Lipinski definition) is 2. The van der Waals surface area contributed by atoms with Crippen molar-refractivity contribution < 1.29 is 0 Å². The van der Waals surface area contributed by atoms with Gasteiger partial charge in [0.1, 0.15) is 0 Å². The summed E-state index contributed by atoms with van der Waals surface area (Å²) in [6.45, 7) is 5.81. The third-order valence-electron chi connectivity index (χ3n) is 3.13. The van der Waals surface area contributed by atoms with Crippen molar-refractivity contribution >= 4 is 11.6 Å². The Bertz CT molecular complexity index is 323. The molecule has 88 valence electrons. The average molecular weight is 239 g/mol. The zero-order chi connectivity index (χ0) is 11.4. The number of benzene rings is 1. The first-order valence-electron chi connectivity index (χ1n) is 5.89. The Kier molecular flexibility index (Phi) is 4.22. The molecule has 0 radical (unpaired) electrons. The van der Waals surface area contributed by atoms with Crippen LogP contribution in [0.3, 0.4) is 0 Å². The van der Waals surface area contributed by atoms with Crippen LogP contribution < -0.4 is 0 Å². The van der Waals surface area contributed by atoms with Crippen LogP contribution in [0.2, 0.25) is 5.02 Å². The molecule has 1 saturated heterocycles. The summed E-state index contributed by atoms with van der Waals surface area (Å²) in [6, 6.07) is 8.19. The highest BCUT2D eigenvalue weighted by Crippen LogP contribution is 2.12. The molecule has 1 aliphatic rings. The van der Waals surface area contributed by atoms with Gasteiger partial charge in [0.15, 0.2) is 0 Å². The smallest absolute Gasteiger partial charge is 0.0406 e. The quantitative estimate of drug-likeness (QED) is 0.781. The molecule has 2 rings (SSSR count). The third-order valence-corrected chi connectivity index (χ3v) is 3.38. The van der Waals surface area contributed by atoms with Crippen molar-refractivity contribution in [2.75, 3.05) is 33.2 Å². The molecule has 1 aliphatic heterocycles. The zero-order valence-electron chi connectivity index (χ0n) is 9.82. The van der Waals surface area contributed by atoms with Gasteiger partial charge in [0.05, 0.1) is 0 Å². The van der Waals surface area contributed by atoms with Gasteiger partial charge < -0.3 is 4.90 Å². The van der Waals surface area contributed by atoms with Gasteiger partial charge in [0.2, 0.25) is 0 Å². The molecule has 0 aliphatic carbocycles. The van der Waals surface area contributed by atoms with E-state index < -0.39 is 0 Å². The zero-order valence-corrected chi connectivity index (χ0v) is 10.6. The second kappa shape index (κ2) is 5.67. The molecule has 16 heavy (non-hydrogen) atoms. The Morgan fingerprint density at radius 3 is 2.56 bits per heavy atom. The van der Waals surface area contributed by atoms with E-state index in [4.69, 9.17) is 11.6 Å². The monoisotopic (exact) mass is 238 g/mol. The summed E-state index contributed by atoms with van der Waals surface area (Å²) in [6.07, 6.45) is 1.27. The molecule has 0 aromatic heterocycles. The van der Waals surface area contributed by atoms with E-state index in [0.717, 1.165) is 11.6 Å². The van der Waals surface area contributed by atoms with Crippen molar-refractivity contribution in [2.45, 2.75) is 13.0 Å². The second-order valence-corrected chi connectivity index (χ2v) is 5.00. The van der Waals surface area contributed by atoms with E-state index >= 15 is 0 Å². The van der Waals surface area contributed by atoms with E-state index in [0.29, 0.717) is 0 Å². The van der Waals surface area contributed by atoms with E-state index in [9.17, 15) is 0 Å². The van der Waals surface area contributed by atoms with Crippen LogP contribution in [0, 0.1) is 0 Å². The molecule has 1 fully saturated rings. The lowest BCUT2D eigenvalue weighted by Gasteiger charge is -2.20. The number of hydrogen-bond donors (Lipinski definition) is 0. The molecule has 0 spiro atoms. The van der Waals surface area contributed by atoms with E-state index in [1.807, 2.05) is 12.1 Å². The molecule has 0 amide bonds. The highest BCUT2D eigenvalue weighted by molar-refractivity contribution is 6.30. The maximum Gasteiger partial charge on any atom is 0.0406 e. The van der Waals surface area contributed by atoms with Gasteiger partial charge in [-0.2, -0.15) is 0 Å². The van der Waals surface area contributed by atoms with Gasteiger partial charge >= 0.3 is 0 Å². The summed E-state index contributed by atoms with van der Waals surface area (Å²) in [4.78, 5) is 4.93. The van der Waals surface area contributed by atoms with Gasteiger partial charge in [0, 0.05) is 24.7 Å². The van der Waals surface area contributed by atoms with E-state index in [-0.39, 0.29) is 0 Å². The Morgan fingerprint density at radius 2 is 1.81 bits per heavy atom. The Balaban J connectivity index is 1.91. The lowest BCUT2D eigenvalue weighted by Crippen LogP contribution is -2.28. The first kappa shape index (κ1) is 11.9. The Hall–Kier alpha value is -0.570. The summed E-state index contributed by atoms with van der Waals surface area (Å²) < 4.78 is 0. The van der Waals surface area contributed by atoms with Crippen molar-refractivity contribution in [2.24, 2.45) is 0 Å². The fourth-order valence-corrected chi connectivity index (χ4v) is 2.23. The van der Waals surface area contributed by atoms with Crippen LogP contribution in [0.15, 0.2) is 24.3 Å². The maximum absolute atomic E-state index is 5.88. The van der Waals surface area contributed by atoms with Crippen molar-refractivity contribution in [1.29, 1.82) is 0 Å². The minimum atomic E-state index is 0.819. The molecule has 1 aromatic rings. The summed E-state index contributed by atoms with van der Waals surface area (Å²) in [7, 11) is 2.20. The topological polar surface area (TPSA) is 6.48 Å². The standard InChI is InChI=1S/C13H19ClN2/c1-15-7-2-8-16(10-9-15)11-12-3-5-13(14)6-4-12/h3-6H,2,7-11H2,1H3. The fraction of sp³-hybridized carbons (Fsp3) is 0.538. The van der Waals surface area contributed by atoms with Crippen LogP contribution in [0.25, 0.3) is 0 Å². The molecule has 0 bridgehead atoms. The number of nitrogens with zero attached hydrogens (tertiary/aromatic N) is 2. The highest BCUT2D eigenvalue weighted by atomic mass is 35.5. The summed E-state index contributed by atoms with van der Waals surface area (Å²) in [5.74, 6) is 0. The predicted octanol–water partition coefficient (Wildman–Crippen LogP) is 2.48. The lowest BCUT2D eigenvalue weighted by molar-refractivity contribution is 0.269. The van der Waals surface area contributed by atoms with Crippen LogP contribution in [0.5, 0.6) is 0 Å².